The van der Waals surface area contributed by atoms with Crippen LogP contribution in [0.4, 0.5) is 0 Å². The van der Waals surface area contributed by atoms with Crippen molar-refractivity contribution < 1.29 is 22.7 Å². The van der Waals surface area contributed by atoms with Crippen LogP contribution in [0.5, 0.6) is 0 Å². The number of carbonyl (C=O) groups excluding carboxylic acids is 2. The number of ether oxygens (including phenoxy) is 1. The maximum Gasteiger partial charge on any atom is 0.307 e. The first kappa shape index (κ1) is 18.2. The monoisotopic (exact) mass is 327 g/mol. The zero-order valence-corrected chi connectivity index (χ0v) is 13.8. The van der Waals surface area contributed by atoms with E-state index in [1.165, 1.54) is 19.1 Å². The van der Waals surface area contributed by atoms with Crippen LogP contribution in [-0.4, -0.2) is 38.7 Å². The first-order valence-electron chi connectivity index (χ1n) is 7.03. The van der Waals surface area contributed by atoms with Gasteiger partial charge in [0, 0.05) is 6.54 Å². The fourth-order valence-electron chi connectivity index (χ4n) is 1.71. The maximum absolute atomic E-state index is 12.1. The van der Waals surface area contributed by atoms with E-state index in [0.717, 1.165) is 5.56 Å². The molecule has 0 aliphatic carbocycles. The van der Waals surface area contributed by atoms with Crippen LogP contribution < -0.4 is 5.32 Å². The van der Waals surface area contributed by atoms with E-state index in [9.17, 15) is 18.0 Å². The highest BCUT2D eigenvalue weighted by atomic mass is 32.2. The molecule has 1 N–H and O–H groups in total. The Kier molecular flexibility index (Phi) is 6.55. The molecule has 0 spiro atoms. The van der Waals surface area contributed by atoms with Crippen LogP contribution >= 0.6 is 0 Å². The van der Waals surface area contributed by atoms with Crippen LogP contribution in [-0.2, 0) is 24.2 Å². The topological polar surface area (TPSA) is 89.5 Å². The number of benzene rings is 1. The van der Waals surface area contributed by atoms with Crippen molar-refractivity contribution in [3.63, 3.8) is 0 Å². The summed E-state index contributed by atoms with van der Waals surface area (Å²) in [5.74, 6) is -1.47. The van der Waals surface area contributed by atoms with Crippen molar-refractivity contribution >= 4 is 21.7 Å². The molecule has 1 amide bonds. The molecule has 0 aromatic heterocycles. The van der Waals surface area contributed by atoms with Gasteiger partial charge in [-0.05, 0) is 32.9 Å². The highest BCUT2D eigenvalue weighted by Gasteiger charge is 2.20. The van der Waals surface area contributed by atoms with Gasteiger partial charge in [0.25, 0.3) is 5.91 Å². The van der Waals surface area contributed by atoms with E-state index >= 15 is 0 Å². The van der Waals surface area contributed by atoms with E-state index in [-0.39, 0.29) is 17.1 Å². The second kappa shape index (κ2) is 7.93. The summed E-state index contributed by atoms with van der Waals surface area (Å²) in [6.07, 6.45) is -1.23. The molecule has 0 aliphatic heterocycles. The largest absolute Gasteiger partial charge is 0.453 e. The Balaban J connectivity index is 2.56. The lowest BCUT2D eigenvalue weighted by Crippen LogP contribution is -2.35. The molecule has 1 aromatic carbocycles. The lowest BCUT2D eigenvalue weighted by molar-refractivity contribution is -0.154. The fourth-order valence-corrected chi connectivity index (χ4v) is 2.93. The molecular formula is C15H21NO5S. The Morgan fingerprint density at radius 3 is 2.36 bits per heavy atom. The third-order valence-electron chi connectivity index (χ3n) is 2.98. The summed E-state index contributed by atoms with van der Waals surface area (Å²) in [6, 6.07) is 6.41. The number of hydrogen-bond donors (Lipinski definition) is 1. The SMILES string of the molecule is CCNC(=O)[C@@H](C)OC(=O)CCS(=O)(=O)c1ccc(C)cc1. The molecule has 22 heavy (non-hydrogen) atoms. The van der Waals surface area contributed by atoms with E-state index in [1.54, 1.807) is 19.1 Å². The Morgan fingerprint density at radius 2 is 1.82 bits per heavy atom. The average Bonchev–Trinajstić information content (AvgIpc) is 2.46. The van der Waals surface area contributed by atoms with Crippen molar-refractivity contribution in [3.8, 4) is 0 Å². The first-order chi connectivity index (χ1) is 10.3. The van der Waals surface area contributed by atoms with Crippen LogP contribution in [0.25, 0.3) is 0 Å². The minimum Gasteiger partial charge on any atom is -0.453 e. The van der Waals surface area contributed by atoms with Gasteiger partial charge < -0.3 is 10.1 Å². The number of nitrogens with one attached hydrogen (secondary N) is 1. The van der Waals surface area contributed by atoms with Gasteiger partial charge in [0.15, 0.2) is 15.9 Å². The number of amides is 1. The van der Waals surface area contributed by atoms with Gasteiger partial charge in [0.2, 0.25) is 0 Å². The van der Waals surface area contributed by atoms with E-state index < -0.39 is 27.8 Å². The summed E-state index contributed by atoms with van der Waals surface area (Å²) in [5.41, 5.74) is 0.953. The summed E-state index contributed by atoms with van der Waals surface area (Å²) in [4.78, 5) is 23.2. The van der Waals surface area contributed by atoms with Crippen molar-refractivity contribution in [1.29, 1.82) is 0 Å². The van der Waals surface area contributed by atoms with Crippen LogP contribution in [0.3, 0.4) is 0 Å². The number of esters is 1. The molecule has 0 unspecified atom stereocenters. The average molecular weight is 327 g/mol. The number of hydrogen-bond acceptors (Lipinski definition) is 5. The molecule has 0 fully saturated rings. The zero-order chi connectivity index (χ0) is 16.8. The Labute approximate surface area is 130 Å². The van der Waals surface area contributed by atoms with Crippen molar-refractivity contribution in [2.75, 3.05) is 12.3 Å². The molecule has 6 nitrogen and oxygen atoms in total. The van der Waals surface area contributed by atoms with Gasteiger partial charge in [0.1, 0.15) is 0 Å². The van der Waals surface area contributed by atoms with Gasteiger partial charge >= 0.3 is 5.97 Å². The van der Waals surface area contributed by atoms with Crippen molar-refractivity contribution in [2.45, 2.75) is 38.2 Å². The number of sulfone groups is 1. The second-order valence-electron chi connectivity index (χ2n) is 4.91. The van der Waals surface area contributed by atoms with Crippen LogP contribution in [0.2, 0.25) is 0 Å². The van der Waals surface area contributed by atoms with Crippen LogP contribution in [0.1, 0.15) is 25.8 Å². The normalized spacial score (nSPS) is 12.5. The van der Waals surface area contributed by atoms with E-state index in [4.69, 9.17) is 4.74 Å². The Morgan fingerprint density at radius 1 is 1.23 bits per heavy atom. The molecule has 7 heteroatoms. The Bertz CT molecular complexity index is 622. The molecule has 1 rings (SSSR count). The molecule has 0 saturated carbocycles. The molecule has 0 bridgehead atoms. The van der Waals surface area contributed by atoms with Gasteiger partial charge in [0.05, 0.1) is 17.1 Å². The predicted octanol–water partition coefficient (Wildman–Crippen LogP) is 1.23. The molecular weight excluding hydrogens is 306 g/mol. The third-order valence-corrected chi connectivity index (χ3v) is 4.72. The molecule has 122 valence electrons. The highest BCUT2D eigenvalue weighted by Crippen LogP contribution is 2.13. The first-order valence-corrected chi connectivity index (χ1v) is 8.68. The molecule has 1 aromatic rings. The van der Waals surface area contributed by atoms with Crippen molar-refractivity contribution in [3.05, 3.63) is 29.8 Å². The minimum absolute atomic E-state index is 0.169. The number of rotatable bonds is 7. The van der Waals surface area contributed by atoms with Gasteiger partial charge in [-0.3, -0.25) is 9.59 Å². The molecule has 0 saturated heterocycles. The number of likely N-dealkylation sites (N-methyl/N-ethyl adjacent to an activating group) is 1. The van der Waals surface area contributed by atoms with Crippen molar-refractivity contribution in [1.82, 2.24) is 5.32 Å². The van der Waals surface area contributed by atoms with E-state index in [0.29, 0.717) is 6.54 Å². The predicted molar refractivity (Wildman–Crippen MR) is 82.1 cm³/mol. The summed E-state index contributed by atoms with van der Waals surface area (Å²) >= 11 is 0. The molecule has 0 heterocycles. The smallest absolute Gasteiger partial charge is 0.307 e. The van der Waals surface area contributed by atoms with Crippen LogP contribution in [0, 0.1) is 6.92 Å². The number of aryl methyl sites for hydroxylation is 1. The van der Waals surface area contributed by atoms with Gasteiger partial charge in [-0.2, -0.15) is 0 Å². The third kappa shape index (κ3) is 5.48. The van der Waals surface area contributed by atoms with E-state index in [1.807, 2.05) is 6.92 Å². The van der Waals surface area contributed by atoms with Gasteiger partial charge in [-0.1, -0.05) is 17.7 Å². The lowest BCUT2D eigenvalue weighted by Gasteiger charge is -2.12. The zero-order valence-electron chi connectivity index (χ0n) is 13.0. The standard InChI is InChI=1S/C15H21NO5S/c1-4-16-15(18)12(3)21-14(17)9-10-22(19,20)13-7-5-11(2)6-8-13/h5-8,12H,4,9-10H2,1-3H3,(H,16,18)/t12-/m1/s1. The highest BCUT2D eigenvalue weighted by molar-refractivity contribution is 7.91. The second-order valence-corrected chi connectivity index (χ2v) is 7.02. The summed E-state index contributed by atoms with van der Waals surface area (Å²) < 4.78 is 29.1. The summed E-state index contributed by atoms with van der Waals surface area (Å²) in [7, 11) is -3.54. The summed E-state index contributed by atoms with van der Waals surface area (Å²) in [6.45, 7) is 5.48. The molecule has 1 atom stereocenters. The van der Waals surface area contributed by atoms with Crippen LogP contribution in [0.15, 0.2) is 29.2 Å². The fraction of sp³-hybridized carbons (Fsp3) is 0.467. The maximum atomic E-state index is 12.1. The lowest BCUT2D eigenvalue weighted by atomic mass is 10.2. The summed E-state index contributed by atoms with van der Waals surface area (Å²) in [5, 5.41) is 2.52. The Hall–Kier alpha value is -1.89. The van der Waals surface area contributed by atoms with E-state index in [2.05, 4.69) is 5.32 Å². The van der Waals surface area contributed by atoms with Gasteiger partial charge in [-0.15, -0.1) is 0 Å². The van der Waals surface area contributed by atoms with Crippen molar-refractivity contribution in [2.24, 2.45) is 0 Å². The minimum atomic E-state index is -3.54. The quantitative estimate of drug-likeness (QED) is 0.761. The van der Waals surface area contributed by atoms with Gasteiger partial charge in [-0.25, -0.2) is 8.42 Å². The number of carbonyl (C=O) groups is 2. The molecule has 0 aliphatic rings. The molecule has 0 radical (unpaired) electrons.